The van der Waals surface area contributed by atoms with Crippen LogP contribution in [-0.4, -0.2) is 36.2 Å². The fourth-order valence-corrected chi connectivity index (χ4v) is 1.76. The normalized spacial score (nSPS) is 10.6. The fourth-order valence-electron chi connectivity index (χ4n) is 1.76. The Morgan fingerprint density at radius 2 is 2.11 bits per heavy atom. The number of hydrogen-bond acceptors (Lipinski definition) is 4. The first-order chi connectivity index (χ1) is 8.65. The number of fused-ring (bicyclic) bond motifs is 1. The summed E-state index contributed by atoms with van der Waals surface area (Å²) in [6.07, 6.45) is 0. The molecule has 0 fully saturated rings. The molecule has 0 aliphatic heterocycles. The van der Waals surface area contributed by atoms with Crippen LogP contribution in [0.3, 0.4) is 0 Å². The molecular formula is C13H15NO4. The standard InChI is InChI=1S/C13H15NO4/c1-8(16)10-5-9-6-13(18-4-3-15)12(17-2)7-11(9)14-10/h5-7,14-15H,3-4H2,1-2H3. The van der Waals surface area contributed by atoms with Gasteiger partial charge < -0.3 is 19.6 Å². The van der Waals surface area contributed by atoms with Gasteiger partial charge in [0.05, 0.1) is 19.4 Å². The summed E-state index contributed by atoms with van der Waals surface area (Å²) >= 11 is 0. The largest absolute Gasteiger partial charge is 0.493 e. The van der Waals surface area contributed by atoms with E-state index in [1.54, 1.807) is 25.3 Å². The molecule has 5 heteroatoms. The number of ketones is 1. The third kappa shape index (κ3) is 2.31. The van der Waals surface area contributed by atoms with Gasteiger partial charge in [-0.25, -0.2) is 0 Å². The van der Waals surface area contributed by atoms with Crippen molar-refractivity contribution in [3.05, 3.63) is 23.9 Å². The van der Waals surface area contributed by atoms with Gasteiger partial charge in [-0.2, -0.15) is 0 Å². The van der Waals surface area contributed by atoms with Crippen LogP contribution in [-0.2, 0) is 0 Å². The third-order valence-electron chi connectivity index (χ3n) is 2.63. The van der Waals surface area contributed by atoms with E-state index in [1.165, 1.54) is 6.92 Å². The van der Waals surface area contributed by atoms with Gasteiger partial charge >= 0.3 is 0 Å². The molecule has 0 amide bonds. The van der Waals surface area contributed by atoms with Gasteiger partial charge in [0.25, 0.3) is 0 Å². The third-order valence-corrected chi connectivity index (χ3v) is 2.63. The van der Waals surface area contributed by atoms with Gasteiger partial charge in [-0.1, -0.05) is 0 Å². The van der Waals surface area contributed by atoms with Crippen molar-refractivity contribution in [2.75, 3.05) is 20.3 Å². The van der Waals surface area contributed by atoms with Crippen molar-refractivity contribution < 1.29 is 19.4 Å². The summed E-state index contributed by atoms with van der Waals surface area (Å²) in [5, 5.41) is 9.63. The van der Waals surface area contributed by atoms with Crippen molar-refractivity contribution in [2.24, 2.45) is 0 Å². The molecular weight excluding hydrogens is 234 g/mol. The maximum Gasteiger partial charge on any atom is 0.175 e. The smallest absolute Gasteiger partial charge is 0.175 e. The second-order valence-electron chi connectivity index (χ2n) is 3.90. The van der Waals surface area contributed by atoms with E-state index in [-0.39, 0.29) is 19.0 Å². The van der Waals surface area contributed by atoms with E-state index in [2.05, 4.69) is 4.98 Å². The Bertz CT molecular complexity index is 574. The van der Waals surface area contributed by atoms with Crippen molar-refractivity contribution in [3.63, 3.8) is 0 Å². The first-order valence-electron chi connectivity index (χ1n) is 5.61. The number of hydrogen-bond donors (Lipinski definition) is 2. The van der Waals surface area contributed by atoms with Crippen LogP contribution in [0.4, 0.5) is 0 Å². The van der Waals surface area contributed by atoms with E-state index < -0.39 is 0 Å². The number of benzene rings is 1. The van der Waals surface area contributed by atoms with Crippen LogP contribution in [0.25, 0.3) is 10.9 Å². The topological polar surface area (TPSA) is 71.6 Å². The highest BCUT2D eigenvalue weighted by atomic mass is 16.5. The number of carbonyl (C=O) groups excluding carboxylic acids is 1. The van der Waals surface area contributed by atoms with Crippen LogP contribution in [0, 0.1) is 0 Å². The number of aliphatic hydroxyl groups excluding tert-OH is 1. The average molecular weight is 249 g/mol. The molecule has 0 atom stereocenters. The van der Waals surface area contributed by atoms with E-state index in [0.29, 0.717) is 17.2 Å². The van der Waals surface area contributed by atoms with E-state index in [9.17, 15) is 4.79 Å². The number of carbonyl (C=O) groups is 1. The Balaban J connectivity index is 2.47. The number of methoxy groups -OCH3 is 1. The molecule has 0 aliphatic carbocycles. The van der Waals surface area contributed by atoms with Gasteiger partial charge in [0.15, 0.2) is 17.3 Å². The Labute approximate surface area is 104 Å². The lowest BCUT2D eigenvalue weighted by molar-refractivity contribution is 0.101. The Hall–Kier alpha value is -2.01. The first kappa shape index (κ1) is 12.4. The van der Waals surface area contributed by atoms with E-state index in [4.69, 9.17) is 14.6 Å². The maximum absolute atomic E-state index is 11.3. The minimum atomic E-state index is -0.0625. The van der Waals surface area contributed by atoms with Gasteiger partial charge in [0.2, 0.25) is 0 Å². The molecule has 0 bridgehead atoms. The van der Waals surface area contributed by atoms with Crippen LogP contribution in [0.1, 0.15) is 17.4 Å². The number of H-pyrrole nitrogens is 1. The summed E-state index contributed by atoms with van der Waals surface area (Å²) in [5.41, 5.74) is 1.36. The van der Waals surface area contributed by atoms with Crippen LogP contribution in [0.15, 0.2) is 18.2 Å². The van der Waals surface area contributed by atoms with Gasteiger partial charge in [0, 0.05) is 23.9 Å². The molecule has 2 aromatic rings. The zero-order chi connectivity index (χ0) is 13.1. The summed E-state index contributed by atoms with van der Waals surface area (Å²) in [6, 6.07) is 5.32. The van der Waals surface area contributed by atoms with Crippen molar-refractivity contribution >= 4 is 16.7 Å². The number of nitrogens with one attached hydrogen (secondary N) is 1. The first-order valence-corrected chi connectivity index (χ1v) is 5.61. The van der Waals surface area contributed by atoms with Gasteiger partial charge in [-0.05, 0) is 12.1 Å². The van der Waals surface area contributed by atoms with Crippen molar-refractivity contribution in [1.29, 1.82) is 0 Å². The number of Topliss-reactive ketones (excluding diaryl/α,β-unsaturated/α-hetero) is 1. The average Bonchev–Trinajstić information content (AvgIpc) is 2.77. The molecule has 0 aliphatic rings. The molecule has 0 saturated carbocycles. The molecule has 5 nitrogen and oxygen atoms in total. The predicted octanol–water partition coefficient (Wildman–Crippen LogP) is 1.75. The Morgan fingerprint density at radius 1 is 1.33 bits per heavy atom. The van der Waals surface area contributed by atoms with E-state index in [1.807, 2.05) is 0 Å². The Kier molecular flexibility index (Phi) is 3.53. The zero-order valence-electron chi connectivity index (χ0n) is 10.3. The number of aromatic nitrogens is 1. The number of ether oxygens (including phenoxy) is 2. The molecule has 18 heavy (non-hydrogen) atoms. The molecule has 0 radical (unpaired) electrons. The molecule has 96 valence electrons. The van der Waals surface area contributed by atoms with Gasteiger partial charge in [0.1, 0.15) is 6.61 Å². The lowest BCUT2D eigenvalue weighted by atomic mass is 10.2. The second kappa shape index (κ2) is 5.10. The Morgan fingerprint density at radius 3 is 2.72 bits per heavy atom. The fraction of sp³-hybridized carbons (Fsp3) is 0.308. The SMILES string of the molecule is COc1cc2[nH]c(C(C)=O)cc2cc1OCCO. The monoisotopic (exact) mass is 249 g/mol. The van der Waals surface area contributed by atoms with Crippen molar-refractivity contribution in [3.8, 4) is 11.5 Å². The van der Waals surface area contributed by atoms with Crippen LogP contribution in [0.2, 0.25) is 0 Å². The molecule has 2 rings (SSSR count). The molecule has 2 N–H and O–H groups in total. The highest BCUT2D eigenvalue weighted by Crippen LogP contribution is 2.32. The summed E-state index contributed by atoms with van der Waals surface area (Å²) in [4.78, 5) is 14.3. The molecule has 0 unspecified atom stereocenters. The lowest BCUT2D eigenvalue weighted by Gasteiger charge is -2.09. The predicted molar refractivity (Wildman–Crippen MR) is 67.4 cm³/mol. The van der Waals surface area contributed by atoms with Crippen molar-refractivity contribution in [1.82, 2.24) is 4.98 Å². The number of rotatable bonds is 5. The van der Waals surface area contributed by atoms with E-state index in [0.717, 1.165) is 10.9 Å². The maximum atomic E-state index is 11.3. The molecule has 1 aromatic carbocycles. The minimum absolute atomic E-state index is 0.0250. The van der Waals surface area contributed by atoms with Crippen LogP contribution >= 0.6 is 0 Å². The summed E-state index contributed by atoms with van der Waals surface area (Å²) in [7, 11) is 1.54. The highest BCUT2D eigenvalue weighted by Gasteiger charge is 2.10. The number of aromatic amines is 1. The van der Waals surface area contributed by atoms with Crippen LogP contribution in [0.5, 0.6) is 11.5 Å². The van der Waals surface area contributed by atoms with Crippen LogP contribution < -0.4 is 9.47 Å². The number of aliphatic hydroxyl groups is 1. The highest BCUT2D eigenvalue weighted by molar-refractivity contribution is 5.98. The van der Waals surface area contributed by atoms with Gasteiger partial charge in [-0.3, -0.25) is 4.79 Å². The summed E-state index contributed by atoms with van der Waals surface area (Å²) in [5.74, 6) is 1.09. The quantitative estimate of drug-likeness (QED) is 0.792. The zero-order valence-corrected chi connectivity index (χ0v) is 10.3. The van der Waals surface area contributed by atoms with Crippen molar-refractivity contribution in [2.45, 2.75) is 6.92 Å². The molecule has 1 heterocycles. The molecule has 0 saturated heterocycles. The van der Waals surface area contributed by atoms with E-state index >= 15 is 0 Å². The molecule has 1 aromatic heterocycles. The second-order valence-corrected chi connectivity index (χ2v) is 3.90. The minimum Gasteiger partial charge on any atom is -0.493 e. The molecule has 0 spiro atoms. The lowest BCUT2D eigenvalue weighted by Crippen LogP contribution is -2.02. The summed E-state index contributed by atoms with van der Waals surface area (Å²) < 4.78 is 10.6. The summed E-state index contributed by atoms with van der Waals surface area (Å²) in [6.45, 7) is 1.64. The van der Waals surface area contributed by atoms with Gasteiger partial charge in [-0.15, -0.1) is 0 Å².